The van der Waals surface area contributed by atoms with Gasteiger partial charge in [-0.2, -0.15) is 5.10 Å². The Labute approximate surface area is 88.7 Å². The van der Waals surface area contributed by atoms with Gasteiger partial charge >= 0.3 is 5.97 Å². The monoisotopic (exact) mass is 212 g/mol. The molecule has 0 aliphatic carbocycles. The number of aliphatic hydroxyl groups is 1. The first-order chi connectivity index (χ1) is 6.85. The fourth-order valence-corrected chi connectivity index (χ4v) is 1.36. The van der Waals surface area contributed by atoms with E-state index in [9.17, 15) is 9.90 Å². The SMILES string of the molecule is COC(=O)c1cnn(C)c1CC(C)(C)O. The molecule has 15 heavy (non-hydrogen) atoms. The van der Waals surface area contributed by atoms with E-state index < -0.39 is 11.6 Å². The molecular weight excluding hydrogens is 196 g/mol. The summed E-state index contributed by atoms with van der Waals surface area (Å²) in [5.74, 6) is -0.428. The Hall–Kier alpha value is -1.36. The smallest absolute Gasteiger partial charge is 0.341 e. The van der Waals surface area contributed by atoms with Gasteiger partial charge in [0, 0.05) is 13.5 Å². The lowest BCUT2D eigenvalue weighted by Gasteiger charge is -2.17. The number of ether oxygens (including phenoxy) is 1. The van der Waals surface area contributed by atoms with Crippen LogP contribution in [0.2, 0.25) is 0 Å². The molecule has 0 amide bonds. The summed E-state index contributed by atoms with van der Waals surface area (Å²) < 4.78 is 6.20. The summed E-state index contributed by atoms with van der Waals surface area (Å²) in [6.07, 6.45) is 1.81. The Kier molecular flexibility index (Phi) is 3.14. The van der Waals surface area contributed by atoms with Gasteiger partial charge in [0.05, 0.1) is 24.6 Å². The van der Waals surface area contributed by atoms with Gasteiger partial charge in [-0.3, -0.25) is 4.68 Å². The van der Waals surface area contributed by atoms with Crippen molar-refractivity contribution < 1.29 is 14.6 Å². The van der Waals surface area contributed by atoms with Crippen molar-refractivity contribution >= 4 is 5.97 Å². The minimum atomic E-state index is -0.878. The van der Waals surface area contributed by atoms with Crippen molar-refractivity contribution in [3.63, 3.8) is 0 Å². The van der Waals surface area contributed by atoms with Gasteiger partial charge in [0.2, 0.25) is 0 Å². The molecule has 0 atom stereocenters. The molecule has 0 saturated heterocycles. The number of carbonyl (C=O) groups excluding carboxylic acids is 1. The van der Waals surface area contributed by atoms with Gasteiger partial charge < -0.3 is 9.84 Å². The number of aryl methyl sites for hydroxylation is 1. The van der Waals surface area contributed by atoms with Crippen LogP contribution in [0.25, 0.3) is 0 Å². The molecule has 5 heteroatoms. The first-order valence-electron chi connectivity index (χ1n) is 4.66. The van der Waals surface area contributed by atoms with Crippen molar-refractivity contribution in [1.29, 1.82) is 0 Å². The van der Waals surface area contributed by atoms with E-state index in [1.807, 2.05) is 0 Å². The van der Waals surface area contributed by atoms with Crippen molar-refractivity contribution in [2.75, 3.05) is 7.11 Å². The Bertz CT molecular complexity index is 363. The molecule has 0 saturated carbocycles. The van der Waals surface area contributed by atoms with Gasteiger partial charge in [0.15, 0.2) is 0 Å². The van der Waals surface area contributed by atoms with E-state index in [1.54, 1.807) is 25.6 Å². The van der Waals surface area contributed by atoms with Crippen molar-refractivity contribution in [2.45, 2.75) is 25.9 Å². The zero-order valence-corrected chi connectivity index (χ0v) is 9.44. The fraction of sp³-hybridized carbons (Fsp3) is 0.600. The Morgan fingerprint density at radius 3 is 2.73 bits per heavy atom. The van der Waals surface area contributed by atoms with E-state index in [0.717, 1.165) is 0 Å². The number of rotatable bonds is 3. The maximum Gasteiger partial charge on any atom is 0.341 e. The van der Waals surface area contributed by atoms with Crippen LogP contribution in [0.4, 0.5) is 0 Å². The van der Waals surface area contributed by atoms with Crippen LogP contribution in [-0.4, -0.2) is 33.6 Å². The number of methoxy groups -OCH3 is 1. The van der Waals surface area contributed by atoms with Gasteiger partial charge in [-0.15, -0.1) is 0 Å². The van der Waals surface area contributed by atoms with Crippen LogP contribution in [-0.2, 0) is 18.2 Å². The zero-order valence-electron chi connectivity index (χ0n) is 9.44. The number of hydrogen-bond acceptors (Lipinski definition) is 4. The maximum atomic E-state index is 11.4. The van der Waals surface area contributed by atoms with E-state index in [2.05, 4.69) is 9.84 Å². The Balaban J connectivity index is 3.05. The zero-order chi connectivity index (χ0) is 11.6. The third kappa shape index (κ3) is 2.79. The summed E-state index contributed by atoms with van der Waals surface area (Å²) in [5, 5.41) is 13.7. The Morgan fingerprint density at radius 1 is 1.67 bits per heavy atom. The highest BCUT2D eigenvalue weighted by molar-refractivity contribution is 5.90. The molecule has 0 aliphatic rings. The lowest BCUT2D eigenvalue weighted by molar-refractivity contribution is 0.0592. The average molecular weight is 212 g/mol. The van der Waals surface area contributed by atoms with Crippen LogP contribution in [0.1, 0.15) is 29.9 Å². The molecule has 5 nitrogen and oxygen atoms in total. The standard InChI is InChI=1S/C10H16N2O3/c1-10(2,14)5-8-7(9(13)15-4)6-11-12(8)3/h6,14H,5H2,1-4H3. The second-order valence-electron chi connectivity index (χ2n) is 4.11. The van der Waals surface area contributed by atoms with E-state index in [4.69, 9.17) is 0 Å². The molecule has 0 fully saturated rings. The second-order valence-corrected chi connectivity index (χ2v) is 4.11. The molecule has 1 aromatic heterocycles. The van der Waals surface area contributed by atoms with E-state index in [0.29, 0.717) is 17.7 Å². The van der Waals surface area contributed by atoms with Crippen LogP contribution in [0, 0.1) is 0 Å². The quantitative estimate of drug-likeness (QED) is 0.742. The molecule has 1 rings (SSSR count). The molecule has 1 N–H and O–H groups in total. The third-order valence-corrected chi connectivity index (χ3v) is 2.07. The summed E-state index contributed by atoms with van der Waals surface area (Å²) in [5.41, 5.74) is 0.202. The van der Waals surface area contributed by atoms with Crippen LogP contribution >= 0.6 is 0 Å². The van der Waals surface area contributed by atoms with Crippen molar-refractivity contribution in [3.8, 4) is 0 Å². The largest absolute Gasteiger partial charge is 0.465 e. The van der Waals surface area contributed by atoms with Gasteiger partial charge in [0.1, 0.15) is 5.56 Å². The fourth-order valence-electron chi connectivity index (χ4n) is 1.36. The summed E-state index contributed by atoms with van der Waals surface area (Å²) in [6.45, 7) is 3.36. The summed E-state index contributed by atoms with van der Waals surface area (Å²) >= 11 is 0. The predicted molar refractivity (Wildman–Crippen MR) is 54.5 cm³/mol. The van der Waals surface area contributed by atoms with E-state index >= 15 is 0 Å². The minimum absolute atomic E-state index is 0.355. The summed E-state index contributed by atoms with van der Waals surface area (Å²) in [6, 6.07) is 0. The highest BCUT2D eigenvalue weighted by Gasteiger charge is 2.22. The normalized spacial score (nSPS) is 11.5. The highest BCUT2D eigenvalue weighted by atomic mass is 16.5. The topological polar surface area (TPSA) is 64.3 Å². The summed E-state index contributed by atoms with van der Waals surface area (Å²) in [4.78, 5) is 11.4. The molecule has 1 heterocycles. The maximum absolute atomic E-state index is 11.4. The van der Waals surface area contributed by atoms with Crippen LogP contribution in [0.5, 0.6) is 0 Å². The number of aromatic nitrogens is 2. The second kappa shape index (κ2) is 4.02. The molecule has 0 spiro atoms. The molecule has 0 radical (unpaired) electrons. The first kappa shape index (κ1) is 11.7. The molecule has 1 aromatic rings. The van der Waals surface area contributed by atoms with Gasteiger partial charge in [-0.05, 0) is 13.8 Å². The average Bonchev–Trinajstić information content (AvgIpc) is 2.45. The molecular formula is C10H16N2O3. The Morgan fingerprint density at radius 2 is 2.27 bits per heavy atom. The van der Waals surface area contributed by atoms with Crippen molar-refractivity contribution in [1.82, 2.24) is 9.78 Å². The number of nitrogens with zero attached hydrogens (tertiary/aromatic N) is 2. The van der Waals surface area contributed by atoms with Gasteiger partial charge in [0.25, 0.3) is 0 Å². The molecule has 0 unspecified atom stereocenters. The predicted octanol–water partition coefficient (Wildman–Crippen LogP) is 0.520. The lowest BCUT2D eigenvalue weighted by Crippen LogP contribution is -2.25. The lowest BCUT2D eigenvalue weighted by atomic mass is 10.0. The molecule has 0 aromatic carbocycles. The number of hydrogen-bond donors (Lipinski definition) is 1. The first-order valence-corrected chi connectivity index (χ1v) is 4.66. The van der Waals surface area contributed by atoms with Crippen LogP contribution in [0.3, 0.4) is 0 Å². The molecule has 84 valence electrons. The number of esters is 1. The van der Waals surface area contributed by atoms with E-state index in [1.165, 1.54) is 13.3 Å². The third-order valence-electron chi connectivity index (χ3n) is 2.07. The van der Waals surface area contributed by atoms with E-state index in [-0.39, 0.29) is 0 Å². The molecule has 0 bridgehead atoms. The van der Waals surface area contributed by atoms with Crippen LogP contribution < -0.4 is 0 Å². The van der Waals surface area contributed by atoms with Crippen LogP contribution in [0.15, 0.2) is 6.20 Å². The molecule has 0 aliphatic heterocycles. The van der Waals surface area contributed by atoms with Gasteiger partial charge in [-0.25, -0.2) is 4.79 Å². The van der Waals surface area contributed by atoms with Crippen molar-refractivity contribution in [2.24, 2.45) is 7.05 Å². The number of carbonyl (C=O) groups is 1. The summed E-state index contributed by atoms with van der Waals surface area (Å²) in [7, 11) is 3.05. The minimum Gasteiger partial charge on any atom is -0.465 e. The van der Waals surface area contributed by atoms with Crippen molar-refractivity contribution in [3.05, 3.63) is 17.5 Å². The van der Waals surface area contributed by atoms with Gasteiger partial charge in [-0.1, -0.05) is 0 Å². The highest BCUT2D eigenvalue weighted by Crippen LogP contribution is 2.16.